The lowest BCUT2D eigenvalue weighted by Crippen LogP contribution is -2.38. The summed E-state index contributed by atoms with van der Waals surface area (Å²) >= 11 is 5.70. The van der Waals surface area contributed by atoms with Gasteiger partial charge in [-0.25, -0.2) is 0 Å². The lowest BCUT2D eigenvalue weighted by Gasteiger charge is -2.16. The lowest BCUT2D eigenvalue weighted by atomic mass is 9.95. The molecule has 1 N–H and O–H groups in total. The molecule has 1 aromatic carbocycles. The third-order valence-electron chi connectivity index (χ3n) is 2.01. The molecule has 0 heterocycles. The van der Waals surface area contributed by atoms with E-state index in [0.717, 1.165) is 0 Å². The highest BCUT2D eigenvalue weighted by Crippen LogP contribution is 2.14. The number of carbonyl (C=O) groups excluding carboxylic acids is 2. The van der Waals surface area contributed by atoms with Gasteiger partial charge >= 0.3 is 0 Å². The van der Waals surface area contributed by atoms with Gasteiger partial charge in [0.2, 0.25) is 5.91 Å². The van der Waals surface area contributed by atoms with Crippen LogP contribution in [-0.2, 0) is 4.79 Å². The summed E-state index contributed by atoms with van der Waals surface area (Å²) < 4.78 is 0. The first kappa shape index (κ1) is 12.7. The van der Waals surface area contributed by atoms with Gasteiger partial charge in [-0.05, 0) is 24.3 Å². The Labute approximate surface area is 99.8 Å². The molecule has 0 unspecified atom stereocenters. The van der Waals surface area contributed by atoms with Gasteiger partial charge in [-0.15, -0.1) is 0 Å². The van der Waals surface area contributed by atoms with Crippen LogP contribution in [0.3, 0.4) is 0 Å². The molecule has 4 heteroatoms. The molecule has 0 atom stereocenters. The summed E-state index contributed by atoms with van der Waals surface area (Å²) in [5.74, 6) is -0.705. The van der Waals surface area contributed by atoms with E-state index in [4.69, 9.17) is 11.6 Å². The molecule has 86 valence electrons. The van der Waals surface area contributed by atoms with Crippen LogP contribution in [0.2, 0.25) is 5.02 Å². The zero-order valence-electron chi connectivity index (χ0n) is 9.50. The summed E-state index contributed by atoms with van der Waals surface area (Å²) in [6.45, 7) is 5.24. The molecular weight excluding hydrogens is 226 g/mol. The molecule has 0 saturated carbocycles. The van der Waals surface area contributed by atoms with Crippen LogP contribution in [0.4, 0.5) is 0 Å². The van der Waals surface area contributed by atoms with Gasteiger partial charge in [-0.1, -0.05) is 32.4 Å². The Kier molecular flexibility index (Phi) is 3.70. The number of rotatable bonds is 1. The second kappa shape index (κ2) is 4.66. The molecule has 3 nitrogen and oxygen atoms in total. The Hall–Kier alpha value is -1.35. The van der Waals surface area contributed by atoms with Gasteiger partial charge in [0, 0.05) is 16.0 Å². The van der Waals surface area contributed by atoms with Gasteiger partial charge in [0.15, 0.2) is 0 Å². The monoisotopic (exact) mass is 239 g/mol. The molecule has 0 aliphatic rings. The van der Waals surface area contributed by atoms with Gasteiger partial charge < -0.3 is 0 Å². The molecule has 0 saturated heterocycles. The van der Waals surface area contributed by atoms with E-state index in [-0.39, 0.29) is 5.91 Å². The minimum Gasteiger partial charge on any atom is -0.292 e. The molecule has 0 aliphatic heterocycles. The predicted octanol–water partition coefficient (Wildman–Crippen LogP) is 2.64. The first-order valence-corrected chi connectivity index (χ1v) is 5.30. The smallest absolute Gasteiger partial charge is 0.257 e. The Bertz CT molecular complexity index is 404. The van der Waals surface area contributed by atoms with Crippen LogP contribution in [-0.4, -0.2) is 11.8 Å². The number of benzene rings is 1. The van der Waals surface area contributed by atoms with E-state index in [1.54, 1.807) is 45.0 Å². The van der Waals surface area contributed by atoms with Crippen LogP contribution in [0.15, 0.2) is 24.3 Å². The second-order valence-electron chi connectivity index (χ2n) is 4.54. The summed E-state index contributed by atoms with van der Waals surface area (Å²) in [6.07, 6.45) is 0. The first-order valence-electron chi connectivity index (χ1n) is 4.92. The van der Waals surface area contributed by atoms with Crippen molar-refractivity contribution < 1.29 is 9.59 Å². The molecule has 1 rings (SSSR count). The topological polar surface area (TPSA) is 46.2 Å². The van der Waals surface area contributed by atoms with Crippen LogP contribution in [0.5, 0.6) is 0 Å². The maximum absolute atomic E-state index is 11.6. The van der Waals surface area contributed by atoms with Crippen molar-refractivity contribution in [3.8, 4) is 0 Å². The normalized spacial score (nSPS) is 11.0. The van der Waals surface area contributed by atoms with Crippen molar-refractivity contribution in [2.24, 2.45) is 5.41 Å². The largest absolute Gasteiger partial charge is 0.292 e. The quantitative estimate of drug-likeness (QED) is 0.819. The Morgan fingerprint density at radius 2 is 1.62 bits per heavy atom. The molecule has 0 aromatic heterocycles. The van der Waals surface area contributed by atoms with Crippen molar-refractivity contribution in [2.45, 2.75) is 20.8 Å². The molecule has 1 aromatic rings. The second-order valence-corrected chi connectivity index (χ2v) is 4.98. The fourth-order valence-corrected chi connectivity index (χ4v) is 1.09. The van der Waals surface area contributed by atoms with Crippen molar-refractivity contribution in [3.63, 3.8) is 0 Å². The third-order valence-corrected chi connectivity index (χ3v) is 2.27. The summed E-state index contributed by atoms with van der Waals surface area (Å²) in [4.78, 5) is 23.2. The van der Waals surface area contributed by atoms with Crippen molar-refractivity contribution in [1.29, 1.82) is 0 Å². The fourth-order valence-electron chi connectivity index (χ4n) is 0.964. The van der Waals surface area contributed by atoms with Crippen molar-refractivity contribution in [2.75, 3.05) is 0 Å². The SMILES string of the molecule is CC(C)(C)C(=O)NC(=O)c1ccc(Cl)cc1. The van der Waals surface area contributed by atoms with E-state index < -0.39 is 11.3 Å². The first-order chi connectivity index (χ1) is 7.30. The Morgan fingerprint density at radius 3 is 2.06 bits per heavy atom. The molecule has 0 spiro atoms. The average Bonchev–Trinajstić information content (AvgIpc) is 2.17. The van der Waals surface area contributed by atoms with Gasteiger partial charge in [-0.3, -0.25) is 14.9 Å². The lowest BCUT2D eigenvalue weighted by molar-refractivity contribution is -0.127. The van der Waals surface area contributed by atoms with Crippen molar-refractivity contribution in [1.82, 2.24) is 5.32 Å². The third kappa shape index (κ3) is 3.35. The van der Waals surface area contributed by atoms with E-state index >= 15 is 0 Å². The van der Waals surface area contributed by atoms with Gasteiger partial charge in [-0.2, -0.15) is 0 Å². The number of amides is 2. The van der Waals surface area contributed by atoms with Gasteiger partial charge in [0.25, 0.3) is 5.91 Å². The standard InChI is InChI=1S/C12H14ClNO2/c1-12(2,3)11(16)14-10(15)8-4-6-9(13)7-5-8/h4-7H,1-3H3,(H,14,15,16). The average molecular weight is 240 g/mol. The van der Waals surface area contributed by atoms with Crippen molar-refractivity contribution >= 4 is 23.4 Å². The summed E-state index contributed by atoms with van der Waals surface area (Å²) in [6, 6.07) is 6.37. The highest BCUT2D eigenvalue weighted by atomic mass is 35.5. The molecular formula is C12H14ClNO2. The summed E-state index contributed by atoms with van der Waals surface area (Å²) in [5.41, 5.74) is -0.163. The van der Waals surface area contributed by atoms with E-state index in [0.29, 0.717) is 10.6 Å². The number of imide groups is 1. The zero-order valence-corrected chi connectivity index (χ0v) is 10.3. The number of hydrogen-bond acceptors (Lipinski definition) is 2. The maximum atomic E-state index is 11.6. The van der Waals surface area contributed by atoms with Crippen LogP contribution in [0.25, 0.3) is 0 Å². The molecule has 0 fully saturated rings. The number of carbonyl (C=O) groups is 2. The van der Waals surface area contributed by atoms with Crippen LogP contribution < -0.4 is 5.32 Å². The maximum Gasteiger partial charge on any atom is 0.257 e. The number of hydrogen-bond donors (Lipinski definition) is 1. The molecule has 2 amide bonds. The van der Waals surface area contributed by atoms with Crippen LogP contribution >= 0.6 is 11.6 Å². The fraction of sp³-hybridized carbons (Fsp3) is 0.333. The minimum atomic E-state index is -0.581. The summed E-state index contributed by atoms with van der Waals surface area (Å²) in [7, 11) is 0. The van der Waals surface area contributed by atoms with E-state index in [2.05, 4.69) is 5.32 Å². The minimum absolute atomic E-state index is 0.299. The van der Waals surface area contributed by atoms with Gasteiger partial charge in [0.1, 0.15) is 0 Å². The highest BCUT2D eigenvalue weighted by Gasteiger charge is 2.23. The highest BCUT2D eigenvalue weighted by molar-refractivity contribution is 6.30. The number of halogens is 1. The zero-order chi connectivity index (χ0) is 12.3. The van der Waals surface area contributed by atoms with E-state index in [9.17, 15) is 9.59 Å². The molecule has 0 bridgehead atoms. The molecule has 0 radical (unpaired) electrons. The van der Waals surface area contributed by atoms with Crippen molar-refractivity contribution in [3.05, 3.63) is 34.9 Å². The molecule has 0 aliphatic carbocycles. The van der Waals surface area contributed by atoms with Crippen LogP contribution in [0, 0.1) is 5.41 Å². The van der Waals surface area contributed by atoms with Gasteiger partial charge in [0.05, 0.1) is 0 Å². The van der Waals surface area contributed by atoms with Crippen LogP contribution in [0.1, 0.15) is 31.1 Å². The Balaban J connectivity index is 2.74. The van der Waals surface area contributed by atoms with E-state index in [1.807, 2.05) is 0 Å². The van der Waals surface area contributed by atoms with E-state index in [1.165, 1.54) is 0 Å². The summed E-state index contributed by atoms with van der Waals surface area (Å²) in [5, 5.41) is 2.89. The number of nitrogens with one attached hydrogen (secondary N) is 1. The Morgan fingerprint density at radius 1 is 1.12 bits per heavy atom. The predicted molar refractivity (Wildman–Crippen MR) is 63.4 cm³/mol. The molecule has 16 heavy (non-hydrogen) atoms.